The van der Waals surface area contributed by atoms with Crippen LogP contribution in [0, 0.1) is 0 Å². The van der Waals surface area contributed by atoms with Gasteiger partial charge in [0.25, 0.3) is 0 Å². The van der Waals surface area contributed by atoms with E-state index in [1.54, 1.807) is 18.4 Å². The summed E-state index contributed by atoms with van der Waals surface area (Å²) in [6.45, 7) is 2.10. The van der Waals surface area contributed by atoms with Crippen molar-refractivity contribution < 1.29 is 9.15 Å². The Kier molecular flexibility index (Phi) is 2.91. The summed E-state index contributed by atoms with van der Waals surface area (Å²) in [7, 11) is 1.63. The van der Waals surface area contributed by atoms with Crippen LogP contribution in [0.15, 0.2) is 28.7 Å². The van der Waals surface area contributed by atoms with Gasteiger partial charge in [0.05, 0.1) is 17.7 Å². The van der Waals surface area contributed by atoms with E-state index in [9.17, 15) is 0 Å². The van der Waals surface area contributed by atoms with Gasteiger partial charge in [0.1, 0.15) is 11.3 Å². The zero-order valence-electron chi connectivity index (χ0n) is 10.8. The van der Waals surface area contributed by atoms with Crippen molar-refractivity contribution in [1.82, 2.24) is 4.98 Å². The topological polar surface area (TPSA) is 61.3 Å². The summed E-state index contributed by atoms with van der Waals surface area (Å²) in [6, 6.07) is 7.60. The SMILES string of the molecule is CCc1cc(-c2nc3cc(OC)ccc3o2)c(N)s1. The number of hydrogen-bond acceptors (Lipinski definition) is 5. The molecule has 0 bridgehead atoms. The van der Waals surface area contributed by atoms with Gasteiger partial charge in [0.15, 0.2) is 5.58 Å². The number of hydrogen-bond donors (Lipinski definition) is 1. The third-order valence-corrected chi connectivity index (χ3v) is 4.09. The predicted molar refractivity (Wildman–Crippen MR) is 77.7 cm³/mol. The quantitative estimate of drug-likeness (QED) is 0.791. The third-order valence-electron chi connectivity index (χ3n) is 2.99. The Morgan fingerprint density at radius 1 is 1.37 bits per heavy atom. The molecule has 0 fully saturated rings. The molecule has 0 spiro atoms. The lowest BCUT2D eigenvalue weighted by atomic mass is 10.2. The Morgan fingerprint density at radius 3 is 2.89 bits per heavy atom. The van der Waals surface area contributed by atoms with Gasteiger partial charge in [-0.1, -0.05) is 6.92 Å². The van der Waals surface area contributed by atoms with E-state index >= 15 is 0 Å². The van der Waals surface area contributed by atoms with E-state index in [2.05, 4.69) is 11.9 Å². The fraction of sp³-hybridized carbons (Fsp3) is 0.214. The van der Waals surface area contributed by atoms with E-state index in [0.29, 0.717) is 5.89 Å². The Bertz CT molecular complexity index is 730. The lowest BCUT2D eigenvalue weighted by molar-refractivity contribution is 0.415. The zero-order valence-corrected chi connectivity index (χ0v) is 11.6. The normalized spacial score (nSPS) is 11.1. The van der Waals surface area contributed by atoms with E-state index in [1.165, 1.54) is 4.88 Å². The minimum atomic E-state index is 0.566. The highest BCUT2D eigenvalue weighted by Gasteiger charge is 2.14. The number of aryl methyl sites for hydroxylation is 1. The number of oxazole rings is 1. The van der Waals surface area contributed by atoms with E-state index in [0.717, 1.165) is 33.8 Å². The van der Waals surface area contributed by atoms with E-state index in [4.69, 9.17) is 14.9 Å². The van der Waals surface area contributed by atoms with Crippen LogP contribution in [0.2, 0.25) is 0 Å². The molecule has 0 atom stereocenters. The van der Waals surface area contributed by atoms with Crippen LogP contribution in [0.25, 0.3) is 22.6 Å². The van der Waals surface area contributed by atoms with Crippen molar-refractivity contribution in [3.63, 3.8) is 0 Å². The van der Waals surface area contributed by atoms with Gasteiger partial charge in [0.2, 0.25) is 5.89 Å². The first-order chi connectivity index (χ1) is 9.21. The highest BCUT2D eigenvalue weighted by Crippen LogP contribution is 2.35. The second-order valence-corrected chi connectivity index (χ2v) is 5.37. The Labute approximate surface area is 114 Å². The molecule has 2 N–H and O–H groups in total. The molecule has 1 aromatic carbocycles. The zero-order chi connectivity index (χ0) is 13.4. The van der Waals surface area contributed by atoms with Crippen molar-refractivity contribution in [2.24, 2.45) is 0 Å². The molecule has 0 aliphatic heterocycles. The molecule has 3 aromatic rings. The first kappa shape index (κ1) is 12.0. The molecule has 0 saturated carbocycles. The molecule has 5 heteroatoms. The Morgan fingerprint density at radius 2 is 2.21 bits per heavy atom. The summed E-state index contributed by atoms with van der Waals surface area (Å²) in [6.07, 6.45) is 0.961. The second kappa shape index (κ2) is 4.59. The number of aromatic nitrogens is 1. The van der Waals surface area contributed by atoms with Crippen LogP contribution < -0.4 is 10.5 Å². The van der Waals surface area contributed by atoms with Gasteiger partial charge in [0, 0.05) is 10.9 Å². The number of fused-ring (bicyclic) bond motifs is 1. The minimum absolute atomic E-state index is 0.566. The first-order valence-corrected chi connectivity index (χ1v) is 6.86. The fourth-order valence-corrected chi connectivity index (χ4v) is 2.81. The minimum Gasteiger partial charge on any atom is -0.497 e. The van der Waals surface area contributed by atoms with E-state index < -0.39 is 0 Å². The van der Waals surface area contributed by atoms with Crippen LogP contribution >= 0.6 is 11.3 Å². The van der Waals surface area contributed by atoms with Gasteiger partial charge in [-0.2, -0.15) is 0 Å². The molecule has 0 saturated heterocycles. The number of anilines is 1. The number of nitrogen functional groups attached to an aromatic ring is 1. The van der Waals surface area contributed by atoms with Crippen LogP contribution in [0.3, 0.4) is 0 Å². The number of ether oxygens (including phenoxy) is 1. The summed E-state index contributed by atoms with van der Waals surface area (Å²) in [5.41, 5.74) is 8.40. The molecule has 0 unspecified atom stereocenters. The van der Waals surface area contributed by atoms with Gasteiger partial charge in [-0.25, -0.2) is 4.98 Å². The number of benzene rings is 1. The number of nitrogens with two attached hydrogens (primary N) is 1. The van der Waals surface area contributed by atoms with Gasteiger partial charge in [-0.3, -0.25) is 0 Å². The lowest BCUT2D eigenvalue weighted by Crippen LogP contribution is -1.83. The molecule has 19 heavy (non-hydrogen) atoms. The van der Waals surface area contributed by atoms with Crippen molar-refractivity contribution in [1.29, 1.82) is 0 Å². The summed E-state index contributed by atoms with van der Waals surface area (Å²) in [4.78, 5) is 5.71. The summed E-state index contributed by atoms with van der Waals surface area (Å²) in [5.74, 6) is 1.33. The maximum absolute atomic E-state index is 6.02. The van der Waals surface area contributed by atoms with Crippen LogP contribution in [-0.2, 0) is 6.42 Å². The summed E-state index contributed by atoms with van der Waals surface area (Å²) in [5, 5.41) is 0.746. The molecule has 4 nitrogen and oxygen atoms in total. The van der Waals surface area contributed by atoms with Crippen LogP contribution in [-0.4, -0.2) is 12.1 Å². The van der Waals surface area contributed by atoms with Crippen LogP contribution in [0.1, 0.15) is 11.8 Å². The summed E-state index contributed by atoms with van der Waals surface area (Å²) >= 11 is 1.58. The molecule has 2 aromatic heterocycles. The molecule has 3 rings (SSSR count). The molecular weight excluding hydrogens is 260 g/mol. The highest BCUT2D eigenvalue weighted by atomic mass is 32.1. The first-order valence-electron chi connectivity index (χ1n) is 6.04. The monoisotopic (exact) mass is 274 g/mol. The number of methoxy groups -OCH3 is 1. The van der Waals surface area contributed by atoms with Crippen molar-refractivity contribution in [3.8, 4) is 17.2 Å². The van der Waals surface area contributed by atoms with Crippen molar-refractivity contribution >= 4 is 27.4 Å². The van der Waals surface area contributed by atoms with Gasteiger partial charge >= 0.3 is 0 Å². The largest absolute Gasteiger partial charge is 0.497 e. The molecule has 0 aliphatic carbocycles. The second-order valence-electron chi connectivity index (χ2n) is 4.20. The maximum atomic E-state index is 6.02. The van der Waals surface area contributed by atoms with E-state index in [1.807, 2.05) is 24.3 Å². The smallest absolute Gasteiger partial charge is 0.230 e. The average molecular weight is 274 g/mol. The Balaban J connectivity index is 2.11. The Hall–Kier alpha value is -2.01. The predicted octanol–water partition coefficient (Wildman–Crippen LogP) is 3.71. The molecule has 0 amide bonds. The van der Waals surface area contributed by atoms with Crippen molar-refractivity contribution in [2.45, 2.75) is 13.3 Å². The van der Waals surface area contributed by atoms with Crippen LogP contribution in [0.4, 0.5) is 5.00 Å². The fourth-order valence-electron chi connectivity index (χ4n) is 1.95. The van der Waals surface area contributed by atoms with Gasteiger partial charge in [-0.05, 0) is 24.6 Å². The summed E-state index contributed by atoms with van der Waals surface area (Å²) < 4.78 is 10.9. The standard InChI is InChI=1S/C14H14N2O2S/c1-3-9-7-10(13(15)19-9)14-16-11-6-8(17-2)4-5-12(11)18-14/h4-7H,3,15H2,1-2H3. The van der Waals surface area contributed by atoms with Crippen molar-refractivity contribution in [2.75, 3.05) is 12.8 Å². The molecular formula is C14H14N2O2S. The van der Waals surface area contributed by atoms with Crippen LogP contribution in [0.5, 0.6) is 5.75 Å². The average Bonchev–Trinajstić information content (AvgIpc) is 3.00. The molecule has 0 radical (unpaired) electrons. The number of thiophene rings is 1. The number of nitrogens with zero attached hydrogens (tertiary/aromatic N) is 1. The van der Waals surface area contributed by atoms with E-state index in [-0.39, 0.29) is 0 Å². The number of rotatable bonds is 3. The molecule has 98 valence electrons. The highest BCUT2D eigenvalue weighted by molar-refractivity contribution is 7.16. The van der Waals surface area contributed by atoms with Crippen molar-refractivity contribution in [3.05, 3.63) is 29.1 Å². The van der Waals surface area contributed by atoms with Gasteiger partial charge < -0.3 is 14.9 Å². The third kappa shape index (κ3) is 2.06. The maximum Gasteiger partial charge on any atom is 0.230 e. The molecule has 0 aliphatic rings. The lowest BCUT2D eigenvalue weighted by Gasteiger charge is -1.95. The van der Waals surface area contributed by atoms with Gasteiger partial charge in [-0.15, -0.1) is 11.3 Å². The molecule has 2 heterocycles.